The van der Waals surface area contributed by atoms with E-state index in [1.165, 1.54) is 44.9 Å². The zero-order chi connectivity index (χ0) is 13.5. The maximum Gasteiger partial charge on any atom is 0.239 e. The predicted octanol–water partition coefficient (Wildman–Crippen LogP) is 1.84. The van der Waals surface area contributed by atoms with Gasteiger partial charge in [0.2, 0.25) is 5.91 Å². The van der Waals surface area contributed by atoms with Crippen LogP contribution in [0.3, 0.4) is 0 Å². The number of rotatable bonds is 3. The molecule has 1 aliphatic heterocycles. The second-order valence-corrected chi connectivity index (χ2v) is 5.96. The SMILES string of the molecule is C[C@H]1OCCN[C@@H]1C(=O)NCC1CCCCCCC1. The molecule has 4 nitrogen and oxygen atoms in total. The van der Waals surface area contributed by atoms with Crippen LogP contribution in [0.15, 0.2) is 0 Å². The van der Waals surface area contributed by atoms with Gasteiger partial charge < -0.3 is 15.4 Å². The quantitative estimate of drug-likeness (QED) is 0.821. The molecule has 4 heteroatoms. The summed E-state index contributed by atoms with van der Waals surface area (Å²) in [6.45, 7) is 4.27. The number of nitrogens with one attached hydrogen (secondary N) is 2. The van der Waals surface area contributed by atoms with Crippen molar-refractivity contribution in [2.75, 3.05) is 19.7 Å². The van der Waals surface area contributed by atoms with Crippen LogP contribution in [0.1, 0.15) is 51.9 Å². The minimum atomic E-state index is -0.178. The lowest BCUT2D eigenvalue weighted by Crippen LogP contribution is -2.55. The fourth-order valence-corrected chi connectivity index (χ4v) is 3.13. The average molecular weight is 268 g/mol. The highest BCUT2D eigenvalue weighted by Gasteiger charge is 2.28. The summed E-state index contributed by atoms with van der Waals surface area (Å²) in [5, 5.41) is 6.36. The standard InChI is InChI=1S/C15H28N2O2/c1-12-14(16-9-10-19-12)15(18)17-11-13-7-5-3-2-4-6-8-13/h12-14,16H,2-11H2,1H3,(H,17,18)/t12-,14+/m1/s1. The van der Waals surface area contributed by atoms with E-state index in [-0.39, 0.29) is 18.1 Å². The van der Waals surface area contributed by atoms with Gasteiger partial charge in [0.15, 0.2) is 0 Å². The summed E-state index contributed by atoms with van der Waals surface area (Å²) in [6.07, 6.45) is 9.27. The lowest BCUT2D eigenvalue weighted by Gasteiger charge is -2.30. The van der Waals surface area contributed by atoms with Crippen molar-refractivity contribution in [3.63, 3.8) is 0 Å². The van der Waals surface area contributed by atoms with Crippen molar-refractivity contribution in [1.29, 1.82) is 0 Å². The second kappa shape index (κ2) is 7.85. The first-order valence-corrected chi connectivity index (χ1v) is 7.90. The molecule has 0 bridgehead atoms. The minimum absolute atomic E-state index is 0.0221. The Labute approximate surface area is 116 Å². The van der Waals surface area contributed by atoms with E-state index in [0.717, 1.165) is 13.1 Å². The van der Waals surface area contributed by atoms with E-state index in [2.05, 4.69) is 10.6 Å². The molecule has 1 heterocycles. The molecule has 0 spiro atoms. The molecule has 1 saturated carbocycles. The number of hydrogen-bond acceptors (Lipinski definition) is 3. The Bertz CT molecular complexity index is 275. The lowest BCUT2D eigenvalue weighted by molar-refractivity contribution is -0.129. The van der Waals surface area contributed by atoms with Crippen LogP contribution in [0.4, 0.5) is 0 Å². The summed E-state index contributed by atoms with van der Waals surface area (Å²) in [6, 6.07) is -0.178. The van der Waals surface area contributed by atoms with Crippen LogP contribution in [-0.2, 0) is 9.53 Å². The van der Waals surface area contributed by atoms with Gasteiger partial charge in [0, 0.05) is 13.1 Å². The van der Waals surface area contributed by atoms with E-state index >= 15 is 0 Å². The van der Waals surface area contributed by atoms with E-state index in [1.807, 2.05) is 6.92 Å². The summed E-state index contributed by atoms with van der Waals surface area (Å²) in [4.78, 5) is 12.2. The first kappa shape index (κ1) is 14.8. The molecule has 0 unspecified atom stereocenters. The van der Waals surface area contributed by atoms with E-state index in [9.17, 15) is 4.79 Å². The fourth-order valence-electron chi connectivity index (χ4n) is 3.13. The van der Waals surface area contributed by atoms with Crippen LogP contribution in [0.5, 0.6) is 0 Å². The van der Waals surface area contributed by atoms with Gasteiger partial charge in [0.25, 0.3) is 0 Å². The third kappa shape index (κ3) is 4.77. The Balaban J connectivity index is 1.72. The topological polar surface area (TPSA) is 50.4 Å². The van der Waals surface area contributed by atoms with Crippen LogP contribution < -0.4 is 10.6 Å². The smallest absolute Gasteiger partial charge is 0.239 e. The molecule has 1 amide bonds. The minimum Gasteiger partial charge on any atom is -0.375 e. The molecule has 19 heavy (non-hydrogen) atoms. The van der Waals surface area contributed by atoms with Crippen molar-refractivity contribution >= 4 is 5.91 Å². The van der Waals surface area contributed by atoms with Crippen LogP contribution in [0.2, 0.25) is 0 Å². The summed E-state index contributed by atoms with van der Waals surface area (Å²) in [5.74, 6) is 0.776. The van der Waals surface area contributed by atoms with Gasteiger partial charge in [0.1, 0.15) is 6.04 Å². The van der Waals surface area contributed by atoms with Crippen LogP contribution >= 0.6 is 0 Å². The van der Waals surface area contributed by atoms with E-state index in [0.29, 0.717) is 12.5 Å². The van der Waals surface area contributed by atoms with Gasteiger partial charge in [-0.3, -0.25) is 4.79 Å². The summed E-state index contributed by atoms with van der Waals surface area (Å²) in [5.41, 5.74) is 0. The Kier molecular flexibility index (Phi) is 6.11. The van der Waals surface area contributed by atoms with Gasteiger partial charge in [-0.05, 0) is 25.7 Å². The first-order chi connectivity index (χ1) is 9.27. The molecule has 2 atom stereocenters. The highest BCUT2D eigenvalue weighted by Crippen LogP contribution is 2.21. The molecular weight excluding hydrogens is 240 g/mol. The van der Waals surface area contributed by atoms with Gasteiger partial charge >= 0.3 is 0 Å². The maximum absolute atomic E-state index is 12.2. The molecule has 0 aromatic heterocycles. The zero-order valence-electron chi connectivity index (χ0n) is 12.1. The molecule has 0 aromatic rings. The zero-order valence-corrected chi connectivity index (χ0v) is 12.1. The molecule has 110 valence electrons. The van der Waals surface area contributed by atoms with Gasteiger partial charge in [-0.15, -0.1) is 0 Å². The third-order valence-electron chi connectivity index (χ3n) is 4.39. The summed E-state index contributed by atoms with van der Waals surface area (Å²) in [7, 11) is 0. The van der Waals surface area contributed by atoms with Crippen molar-refractivity contribution < 1.29 is 9.53 Å². The highest BCUT2D eigenvalue weighted by molar-refractivity contribution is 5.82. The number of ether oxygens (including phenoxy) is 1. The van der Waals surface area contributed by atoms with Crippen molar-refractivity contribution in [1.82, 2.24) is 10.6 Å². The molecule has 1 aliphatic carbocycles. The Morgan fingerprint density at radius 2 is 1.89 bits per heavy atom. The second-order valence-electron chi connectivity index (χ2n) is 5.96. The van der Waals surface area contributed by atoms with Crippen LogP contribution in [0, 0.1) is 5.92 Å². The van der Waals surface area contributed by atoms with E-state index < -0.39 is 0 Å². The van der Waals surface area contributed by atoms with Crippen LogP contribution in [-0.4, -0.2) is 37.7 Å². The largest absolute Gasteiger partial charge is 0.375 e. The van der Waals surface area contributed by atoms with Crippen molar-refractivity contribution in [3.05, 3.63) is 0 Å². The number of carbonyl (C=O) groups excluding carboxylic acids is 1. The number of carbonyl (C=O) groups is 1. The normalized spacial score (nSPS) is 30.4. The molecule has 2 fully saturated rings. The summed E-state index contributed by atoms with van der Waals surface area (Å²) < 4.78 is 5.52. The molecule has 2 N–H and O–H groups in total. The molecule has 2 aliphatic rings. The first-order valence-electron chi connectivity index (χ1n) is 7.90. The highest BCUT2D eigenvalue weighted by atomic mass is 16.5. The monoisotopic (exact) mass is 268 g/mol. The van der Waals surface area contributed by atoms with Gasteiger partial charge in [-0.2, -0.15) is 0 Å². The Morgan fingerprint density at radius 3 is 2.58 bits per heavy atom. The third-order valence-corrected chi connectivity index (χ3v) is 4.39. The van der Waals surface area contributed by atoms with Crippen LogP contribution in [0.25, 0.3) is 0 Å². The molecule has 2 rings (SSSR count). The number of morpholine rings is 1. The molecular formula is C15H28N2O2. The predicted molar refractivity (Wildman–Crippen MR) is 76.0 cm³/mol. The maximum atomic E-state index is 12.2. The van der Waals surface area contributed by atoms with E-state index in [4.69, 9.17) is 4.74 Å². The van der Waals surface area contributed by atoms with Crippen molar-refractivity contribution in [2.45, 2.75) is 64.0 Å². The Hall–Kier alpha value is -0.610. The lowest BCUT2D eigenvalue weighted by atomic mass is 9.91. The molecule has 0 radical (unpaired) electrons. The molecule has 0 aromatic carbocycles. The summed E-state index contributed by atoms with van der Waals surface area (Å²) >= 11 is 0. The van der Waals surface area contributed by atoms with E-state index in [1.54, 1.807) is 0 Å². The number of hydrogen-bond donors (Lipinski definition) is 2. The molecule has 1 saturated heterocycles. The average Bonchev–Trinajstić information content (AvgIpc) is 2.37. The number of amides is 1. The fraction of sp³-hybridized carbons (Fsp3) is 0.933. The van der Waals surface area contributed by atoms with Gasteiger partial charge in [0.05, 0.1) is 12.7 Å². The van der Waals surface area contributed by atoms with Gasteiger partial charge in [-0.1, -0.05) is 32.1 Å². The van der Waals surface area contributed by atoms with Crippen molar-refractivity contribution in [3.8, 4) is 0 Å². The van der Waals surface area contributed by atoms with Gasteiger partial charge in [-0.25, -0.2) is 0 Å². The van der Waals surface area contributed by atoms with Crippen molar-refractivity contribution in [2.24, 2.45) is 5.92 Å². The Morgan fingerprint density at radius 1 is 1.21 bits per heavy atom.